The van der Waals surface area contributed by atoms with E-state index in [-0.39, 0.29) is 5.91 Å². The molecule has 7 nitrogen and oxygen atoms in total. The largest absolute Gasteiger partial charge is 0.352 e. The van der Waals surface area contributed by atoms with E-state index in [0.717, 1.165) is 50.7 Å². The second-order valence-electron chi connectivity index (χ2n) is 9.75. The summed E-state index contributed by atoms with van der Waals surface area (Å²) in [5.41, 5.74) is 5.61. The van der Waals surface area contributed by atoms with Crippen molar-refractivity contribution in [2.45, 2.75) is 20.3 Å². The molecule has 1 aliphatic heterocycles. The molecule has 5 aromatic rings. The van der Waals surface area contributed by atoms with Crippen molar-refractivity contribution in [3.8, 4) is 5.69 Å². The Hall–Kier alpha value is -4.52. The van der Waals surface area contributed by atoms with Gasteiger partial charge in [-0.05, 0) is 43.2 Å². The van der Waals surface area contributed by atoms with Crippen molar-refractivity contribution in [3.05, 3.63) is 113 Å². The second kappa shape index (κ2) is 10.1. The number of rotatable bonds is 5. The van der Waals surface area contributed by atoms with Gasteiger partial charge < -0.3 is 9.80 Å². The number of hydrogen-bond donors (Lipinski definition) is 0. The van der Waals surface area contributed by atoms with Crippen molar-refractivity contribution in [1.82, 2.24) is 24.6 Å². The molecule has 0 radical (unpaired) electrons. The van der Waals surface area contributed by atoms with Gasteiger partial charge in [0, 0.05) is 38.2 Å². The van der Waals surface area contributed by atoms with E-state index < -0.39 is 0 Å². The number of hydrogen-bond acceptors (Lipinski definition) is 5. The van der Waals surface area contributed by atoms with Crippen LogP contribution in [0.2, 0.25) is 0 Å². The fraction of sp³-hybridized carbons (Fsp3) is 0.226. The lowest BCUT2D eigenvalue weighted by Gasteiger charge is -2.36. The molecule has 0 unspecified atom stereocenters. The lowest BCUT2D eigenvalue weighted by molar-refractivity contribution is 0.0746. The first-order valence-corrected chi connectivity index (χ1v) is 13.0. The molecular formula is C31H30N6O. The molecule has 3 aromatic carbocycles. The minimum Gasteiger partial charge on any atom is -0.352 e. The predicted octanol–water partition coefficient (Wildman–Crippen LogP) is 4.99. The van der Waals surface area contributed by atoms with Gasteiger partial charge in [0.05, 0.1) is 16.8 Å². The number of fused-ring (bicyclic) bond motifs is 1. The van der Waals surface area contributed by atoms with Gasteiger partial charge >= 0.3 is 0 Å². The third kappa shape index (κ3) is 4.52. The van der Waals surface area contributed by atoms with Crippen molar-refractivity contribution in [1.29, 1.82) is 0 Å². The quantitative estimate of drug-likeness (QED) is 0.339. The van der Waals surface area contributed by atoms with E-state index in [1.165, 1.54) is 0 Å². The van der Waals surface area contributed by atoms with Crippen LogP contribution in [0, 0.1) is 13.8 Å². The van der Waals surface area contributed by atoms with Gasteiger partial charge in [0.1, 0.15) is 11.6 Å². The summed E-state index contributed by atoms with van der Waals surface area (Å²) >= 11 is 0. The van der Waals surface area contributed by atoms with E-state index in [4.69, 9.17) is 15.1 Å². The molecular weight excluding hydrogens is 472 g/mol. The number of nitrogens with zero attached hydrogens (tertiary/aromatic N) is 6. The highest BCUT2D eigenvalue weighted by Crippen LogP contribution is 2.30. The number of piperazine rings is 1. The molecule has 190 valence electrons. The number of amides is 1. The molecule has 3 heterocycles. The first kappa shape index (κ1) is 23.9. The fourth-order valence-electron chi connectivity index (χ4n) is 5.15. The first-order chi connectivity index (χ1) is 18.6. The van der Waals surface area contributed by atoms with E-state index in [1.807, 2.05) is 96.2 Å². The Morgan fingerprint density at radius 3 is 2.16 bits per heavy atom. The molecule has 0 saturated carbocycles. The zero-order valence-corrected chi connectivity index (χ0v) is 21.7. The summed E-state index contributed by atoms with van der Waals surface area (Å²) in [4.78, 5) is 27.5. The molecule has 1 amide bonds. The van der Waals surface area contributed by atoms with Gasteiger partial charge in [0.15, 0.2) is 5.65 Å². The standard InChI is InChI=1S/C31H30N6O/c1-22-11-9-10-16-26(22)31(38)36-19-17-35(18-20-36)29-28-23(2)34-37(25-14-7-4-8-15-25)30(28)33-27(32-29)21-24-12-5-3-6-13-24/h3-16H,17-21H2,1-2H3. The number of para-hydroxylation sites is 1. The Morgan fingerprint density at radius 2 is 1.45 bits per heavy atom. The van der Waals surface area contributed by atoms with Gasteiger partial charge in [0.25, 0.3) is 5.91 Å². The topological polar surface area (TPSA) is 67.2 Å². The van der Waals surface area contributed by atoms with Gasteiger partial charge in [-0.25, -0.2) is 14.6 Å². The summed E-state index contributed by atoms with van der Waals surface area (Å²) in [5.74, 6) is 1.74. The van der Waals surface area contributed by atoms with Crippen LogP contribution in [0.4, 0.5) is 5.82 Å². The molecule has 1 fully saturated rings. The highest BCUT2D eigenvalue weighted by atomic mass is 16.2. The van der Waals surface area contributed by atoms with Crippen LogP contribution in [0.15, 0.2) is 84.9 Å². The molecule has 7 heteroatoms. The van der Waals surface area contributed by atoms with E-state index in [0.29, 0.717) is 32.6 Å². The van der Waals surface area contributed by atoms with Gasteiger partial charge in [-0.15, -0.1) is 0 Å². The van der Waals surface area contributed by atoms with Crippen LogP contribution in [0.1, 0.15) is 33.0 Å². The molecule has 0 bridgehead atoms. The third-order valence-corrected chi connectivity index (χ3v) is 7.18. The Kier molecular flexibility index (Phi) is 6.33. The molecule has 6 rings (SSSR count). The van der Waals surface area contributed by atoms with E-state index in [9.17, 15) is 4.79 Å². The van der Waals surface area contributed by atoms with Crippen LogP contribution < -0.4 is 4.90 Å². The molecule has 1 aliphatic rings. The average Bonchev–Trinajstić information content (AvgIpc) is 3.30. The maximum absolute atomic E-state index is 13.2. The van der Waals surface area contributed by atoms with E-state index in [2.05, 4.69) is 17.0 Å². The van der Waals surface area contributed by atoms with Crippen molar-refractivity contribution in [3.63, 3.8) is 0 Å². The second-order valence-corrected chi connectivity index (χ2v) is 9.75. The first-order valence-electron chi connectivity index (χ1n) is 13.0. The number of benzene rings is 3. The lowest BCUT2D eigenvalue weighted by atomic mass is 10.1. The van der Waals surface area contributed by atoms with Crippen molar-refractivity contribution >= 4 is 22.8 Å². The Labute approximate surface area is 222 Å². The van der Waals surface area contributed by atoms with Gasteiger partial charge in [-0.2, -0.15) is 5.10 Å². The van der Waals surface area contributed by atoms with E-state index in [1.54, 1.807) is 0 Å². The molecule has 0 spiro atoms. The highest BCUT2D eigenvalue weighted by molar-refractivity contribution is 5.96. The third-order valence-electron chi connectivity index (χ3n) is 7.18. The summed E-state index contributed by atoms with van der Waals surface area (Å²) < 4.78 is 1.92. The molecule has 38 heavy (non-hydrogen) atoms. The molecule has 0 aliphatic carbocycles. The zero-order chi connectivity index (χ0) is 26.1. The normalized spacial score (nSPS) is 13.7. The maximum atomic E-state index is 13.2. The van der Waals surface area contributed by atoms with Crippen LogP contribution in [-0.4, -0.2) is 56.7 Å². The minimum atomic E-state index is 0.0911. The fourth-order valence-corrected chi connectivity index (χ4v) is 5.15. The Morgan fingerprint density at radius 1 is 0.789 bits per heavy atom. The average molecular weight is 503 g/mol. The monoisotopic (exact) mass is 502 g/mol. The number of carbonyl (C=O) groups is 1. The lowest BCUT2D eigenvalue weighted by Crippen LogP contribution is -2.49. The number of carbonyl (C=O) groups excluding carboxylic acids is 1. The van der Waals surface area contributed by atoms with Crippen LogP contribution >= 0.6 is 0 Å². The highest BCUT2D eigenvalue weighted by Gasteiger charge is 2.27. The molecule has 0 N–H and O–H groups in total. The van der Waals surface area contributed by atoms with Crippen molar-refractivity contribution in [2.24, 2.45) is 0 Å². The summed E-state index contributed by atoms with van der Waals surface area (Å²) in [6.45, 7) is 6.68. The van der Waals surface area contributed by atoms with E-state index >= 15 is 0 Å². The van der Waals surface area contributed by atoms with Crippen LogP contribution in [0.3, 0.4) is 0 Å². The predicted molar refractivity (Wildman–Crippen MR) is 150 cm³/mol. The number of aryl methyl sites for hydroxylation is 2. The summed E-state index contributed by atoms with van der Waals surface area (Å²) in [6, 6.07) is 28.2. The molecule has 2 aromatic heterocycles. The zero-order valence-electron chi connectivity index (χ0n) is 21.7. The number of anilines is 1. The summed E-state index contributed by atoms with van der Waals surface area (Å²) in [7, 11) is 0. The van der Waals surface area contributed by atoms with Crippen LogP contribution in [0.5, 0.6) is 0 Å². The van der Waals surface area contributed by atoms with Crippen LogP contribution in [0.25, 0.3) is 16.7 Å². The number of aromatic nitrogens is 4. The van der Waals surface area contributed by atoms with Gasteiger partial charge in [-0.1, -0.05) is 66.7 Å². The maximum Gasteiger partial charge on any atom is 0.254 e. The Bertz CT molecular complexity index is 1590. The SMILES string of the molecule is Cc1ccccc1C(=O)N1CCN(c2nc(Cc3ccccc3)nc3c2c(C)nn3-c2ccccc2)CC1. The van der Waals surface area contributed by atoms with Gasteiger partial charge in [0.2, 0.25) is 0 Å². The molecule has 1 saturated heterocycles. The summed E-state index contributed by atoms with van der Waals surface area (Å²) in [6.07, 6.45) is 0.633. The summed E-state index contributed by atoms with van der Waals surface area (Å²) in [5, 5.41) is 5.84. The smallest absolute Gasteiger partial charge is 0.254 e. The van der Waals surface area contributed by atoms with Gasteiger partial charge in [-0.3, -0.25) is 4.79 Å². The Balaban J connectivity index is 1.36. The van der Waals surface area contributed by atoms with Crippen molar-refractivity contribution < 1.29 is 4.79 Å². The molecule has 0 atom stereocenters. The minimum absolute atomic E-state index is 0.0911. The van der Waals surface area contributed by atoms with Crippen LogP contribution in [-0.2, 0) is 6.42 Å². The van der Waals surface area contributed by atoms with Crippen molar-refractivity contribution in [2.75, 3.05) is 31.1 Å².